The normalized spacial score (nSPS) is 12.5. The second-order valence-corrected chi connectivity index (χ2v) is 9.43. The molecule has 0 aliphatic rings. The average molecular weight is 455 g/mol. The van der Waals surface area contributed by atoms with Gasteiger partial charge >= 0.3 is 0 Å². The summed E-state index contributed by atoms with van der Waals surface area (Å²) in [5.74, 6) is -0.258. The first-order valence-corrected chi connectivity index (χ1v) is 13.0. The monoisotopic (exact) mass is 454 g/mol. The van der Waals surface area contributed by atoms with Gasteiger partial charge in [-0.3, -0.25) is 4.79 Å². The summed E-state index contributed by atoms with van der Waals surface area (Å²) in [6.07, 6.45) is 11.1. The van der Waals surface area contributed by atoms with Crippen LogP contribution in [0.3, 0.4) is 0 Å². The number of rotatable bonds is 18. The maximum atomic E-state index is 12.0. The van der Waals surface area contributed by atoms with Gasteiger partial charge in [0.25, 0.3) is 0 Å². The minimum Gasteiger partial charge on any atom is -0.368 e. The number of amides is 1. The minimum absolute atomic E-state index is 0.258. The molecule has 184 valence electrons. The first-order valence-electron chi connectivity index (χ1n) is 13.0. The fourth-order valence-corrected chi connectivity index (χ4v) is 4.33. The van der Waals surface area contributed by atoms with E-state index in [9.17, 15) is 4.79 Å². The maximum absolute atomic E-state index is 12.0. The van der Waals surface area contributed by atoms with Crippen LogP contribution in [0.25, 0.3) is 10.8 Å². The quantitative estimate of drug-likeness (QED) is 0.292. The van der Waals surface area contributed by atoms with Crippen molar-refractivity contribution in [2.24, 2.45) is 11.5 Å². The molecule has 1 atom stereocenters. The third-order valence-electron chi connectivity index (χ3n) is 6.45. The minimum atomic E-state index is -0.277. The van der Waals surface area contributed by atoms with E-state index in [2.05, 4.69) is 60.6 Å². The Labute approximate surface area is 201 Å². The molecule has 0 saturated carbocycles. The van der Waals surface area contributed by atoms with E-state index in [4.69, 9.17) is 11.5 Å². The molecule has 0 fully saturated rings. The number of hydrogen-bond acceptors (Lipinski definition) is 4. The van der Waals surface area contributed by atoms with E-state index >= 15 is 0 Å². The summed E-state index contributed by atoms with van der Waals surface area (Å²) in [6, 6.07) is 13.0. The van der Waals surface area contributed by atoms with Gasteiger partial charge in [0.2, 0.25) is 5.91 Å². The van der Waals surface area contributed by atoms with Gasteiger partial charge < -0.3 is 21.7 Å². The van der Waals surface area contributed by atoms with Crippen molar-refractivity contribution in [3.63, 3.8) is 0 Å². The van der Waals surface area contributed by atoms with Crippen molar-refractivity contribution < 1.29 is 4.79 Å². The number of fused-ring (bicyclic) bond motifs is 1. The molecule has 0 spiro atoms. The second-order valence-electron chi connectivity index (χ2n) is 9.43. The number of unbranched alkanes of at least 4 members (excludes halogenated alkanes) is 4. The summed E-state index contributed by atoms with van der Waals surface area (Å²) in [4.78, 5) is 14.3. The van der Waals surface area contributed by atoms with E-state index in [1.54, 1.807) is 0 Å². The Hall–Kier alpha value is -1.95. The number of aryl methyl sites for hydroxylation is 2. The van der Waals surface area contributed by atoms with Crippen LogP contribution in [0.1, 0.15) is 69.4 Å². The molecular formula is C28H46N4O. The van der Waals surface area contributed by atoms with Gasteiger partial charge in [0, 0.05) is 0 Å². The lowest BCUT2D eigenvalue weighted by Gasteiger charge is -2.19. The average Bonchev–Trinajstić information content (AvgIpc) is 2.81. The highest BCUT2D eigenvalue weighted by molar-refractivity contribution is 5.84. The molecule has 0 aliphatic heterocycles. The van der Waals surface area contributed by atoms with Gasteiger partial charge in [0.1, 0.15) is 0 Å². The topological polar surface area (TPSA) is 84.4 Å². The third kappa shape index (κ3) is 10.7. The van der Waals surface area contributed by atoms with Gasteiger partial charge in [-0.25, -0.2) is 0 Å². The lowest BCUT2D eigenvalue weighted by atomic mass is 9.98. The van der Waals surface area contributed by atoms with E-state index in [1.165, 1.54) is 47.6 Å². The van der Waals surface area contributed by atoms with E-state index in [-0.39, 0.29) is 11.9 Å². The van der Waals surface area contributed by atoms with Gasteiger partial charge in [-0.15, -0.1) is 0 Å². The van der Waals surface area contributed by atoms with Gasteiger partial charge in [0.05, 0.1) is 6.04 Å². The summed E-state index contributed by atoms with van der Waals surface area (Å²) in [6.45, 7) is 6.01. The van der Waals surface area contributed by atoms with E-state index in [1.807, 2.05) is 0 Å². The third-order valence-corrected chi connectivity index (χ3v) is 6.45. The molecule has 0 radical (unpaired) electrons. The van der Waals surface area contributed by atoms with Gasteiger partial charge in [-0.2, -0.15) is 0 Å². The van der Waals surface area contributed by atoms with Gasteiger partial charge in [-0.05, 0) is 100 Å². The smallest absolute Gasteiger partial charge is 0.234 e. The molecule has 0 bridgehead atoms. The highest BCUT2D eigenvalue weighted by atomic mass is 16.1. The first kappa shape index (κ1) is 27.3. The maximum Gasteiger partial charge on any atom is 0.234 e. The second kappa shape index (κ2) is 15.8. The molecular weight excluding hydrogens is 408 g/mol. The van der Waals surface area contributed by atoms with Crippen molar-refractivity contribution in [3.05, 3.63) is 47.5 Å². The molecule has 0 saturated heterocycles. The fourth-order valence-electron chi connectivity index (χ4n) is 4.33. The zero-order valence-electron chi connectivity index (χ0n) is 21.0. The Morgan fingerprint density at radius 2 is 1.58 bits per heavy atom. The number of hydrogen-bond donors (Lipinski definition) is 3. The predicted octanol–water partition coefficient (Wildman–Crippen LogP) is 4.40. The molecule has 5 heteroatoms. The lowest BCUT2D eigenvalue weighted by molar-refractivity contribution is -0.120. The van der Waals surface area contributed by atoms with Gasteiger partial charge in [0.15, 0.2) is 0 Å². The molecule has 0 aliphatic carbocycles. The van der Waals surface area contributed by atoms with Gasteiger partial charge in [-0.1, -0.05) is 62.6 Å². The fraction of sp³-hybridized carbons (Fsp3) is 0.607. The zero-order valence-corrected chi connectivity index (χ0v) is 21.0. The van der Waals surface area contributed by atoms with Crippen molar-refractivity contribution in [2.45, 2.75) is 77.2 Å². The number of carbonyl (C=O) groups excluding carboxylic acids is 1. The Bertz CT molecular complexity index is 823. The number of nitrogens with two attached hydrogens (primary N) is 2. The molecule has 5 nitrogen and oxygen atoms in total. The van der Waals surface area contributed by atoms with Crippen molar-refractivity contribution >= 4 is 16.7 Å². The molecule has 1 amide bonds. The molecule has 0 unspecified atom stereocenters. The van der Waals surface area contributed by atoms with Crippen molar-refractivity contribution in [3.8, 4) is 0 Å². The molecule has 5 N–H and O–H groups in total. The van der Waals surface area contributed by atoms with Crippen LogP contribution in [0, 0.1) is 0 Å². The first-order chi connectivity index (χ1) is 16.0. The number of primary amides is 1. The highest BCUT2D eigenvalue weighted by Gasteiger charge is 2.14. The number of benzene rings is 2. The standard InChI is InChI=1S/C28H46N4O/c1-3-4-5-8-19-32(2)20-9-18-31-27(28(30)33)16-13-24-12-15-25-21-23(10-6-7-17-29)11-14-26(25)22-24/h11-12,14-15,21-22,27,31H,3-10,13,16-20,29H2,1-2H3,(H2,30,33)/t27-/m0/s1. The molecule has 2 aromatic carbocycles. The van der Waals surface area contributed by atoms with Crippen molar-refractivity contribution in [2.75, 3.05) is 33.2 Å². The summed E-state index contributed by atoms with van der Waals surface area (Å²) in [5, 5.41) is 5.90. The largest absolute Gasteiger partial charge is 0.368 e. The molecule has 0 heterocycles. The summed E-state index contributed by atoms with van der Waals surface area (Å²) >= 11 is 0. The van der Waals surface area contributed by atoms with Crippen molar-refractivity contribution in [1.82, 2.24) is 10.2 Å². The van der Waals surface area contributed by atoms with Crippen LogP contribution >= 0.6 is 0 Å². The number of nitrogens with one attached hydrogen (secondary N) is 1. The molecule has 0 aromatic heterocycles. The summed E-state index contributed by atoms with van der Waals surface area (Å²) in [7, 11) is 2.18. The Morgan fingerprint density at radius 1 is 0.909 bits per heavy atom. The van der Waals surface area contributed by atoms with Crippen LogP contribution in [0.15, 0.2) is 36.4 Å². The summed E-state index contributed by atoms with van der Waals surface area (Å²) in [5.41, 5.74) is 13.9. The van der Waals surface area contributed by atoms with Crippen LogP contribution in [-0.4, -0.2) is 50.1 Å². The summed E-state index contributed by atoms with van der Waals surface area (Å²) < 4.78 is 0. The molecule has 2 rings (SSSR count). The Morgan fingerprint density at radius 3 is 2.21 bits per heavy atom. The van der Waals surface area contributed by atoms with Crippen molar-refractivity contribution in [1.29, 1.82) is 0 Å². The Kier molecular flexibility index (Phi) is 13.1. The number of nitrogens with zero attached hydrogens (tertiary/aromatic N) is 1. The van der Waals surface area contributed by atoms with Crippen LogP contribution in [-0.2, 0) is 17.6 Å². The highest BCUT2D eigenvalue weighted by Crippen LogP contribution is 2.20. The Balaban J connectivity index is 1.76. The number of carbonyl (C=O) groups is 1. The molecule has 33 heavy (non-hydrogen) atoms. The van der Waals surface area contributed by atoms with E-state index in [0.29, 0.717) is 0 Å². The van der Waals surface area contributed by atoms with Crippen LogP contribution in [0.4, 0.5) is 0 Å². The molecule has 2 aromatic rings. The predicted molar refractivity (Wildman–Crippen MR) is 142 cm³/mol. The van der Waals surface area contributed by atoms with E-state index in [0.717, 1.165) is 64.7 Å². The van der Waals surface area contributed by atoms with Crippen LogP contribution < -0.4 is 16.8 Å². The van der Waals surface area contributed by atoms with E-state index < -0.39 is 0 Å². The van der Waals surface area contributed by atoms with Crippen LogP contribution in [0.2, 0.25) is 0 Å². The SMILES string of the molecule is CCCCCCN(C)CCCN[C@@H](CCc1ccc2cc(CCCCN)ccc2c1)C(N)=O. The lowest BCUT2D eigenvalue weighted by Crippen LogP contribution is -2.42. The zero-order chi connectivity index (χ0) is 23.9. The van der Waals surface area contributed by atoms with Crippen LogP contribution in [0.5, 0.6) is 0 Å².